The van der Waals surface area contributed by atoms with Crippen molar-refractivity contribution >= 4 is 28.8 Å². The number of esters is 1. The van der Waals surface area contributed by atoms with E-state index in [-0.39, 0.29) is 18.4 Å². The van der Waals surface area contributed by atoms with Gasteiger partial charge in [-0.05, 0) is 56.4 Å². The highest BCUT2D eigenvalue weighted by Gasteiger charge is 2.41. The lowest BCUT2D eigenvalue weighted by Gasteiger charge is -2.36. The molecule has 0 fully saturated rings. The van der Waals surface area contributed by atoms with Crippen LogP contribution in [0.2, 0.25) is 0 Å². The van der Waals surface area contributed by atoms with Crippen LogP contribution in [0.25, 0.3) is 0 Å². The summed E-state index contributed by atoms with van der Waals surface area (Å²) in [6, 6.07) is 17.2. The Bertz CT molecular complexity index is 1220. The fraction of sp³-hybridized carbons (Fsp3) is 0.321. The second-order valence-corrected chi connectivity index (χ2v) is 9.66. The van der Waals surface area contributed by atoms with Gasteiger partial charge >= 0.3 is 5.97 Å². The van der Waals surface area contributed by atoms with Crippen LogP contribution in [0, 0.1) is 0 Å². The summed E-state index contributed by atoms with van der Waals surface area (Å²) in [4.78, 5) is 32.4. The zero-order valence-corrected chi connectivity index (χ0v) is 21.8. The lowest BCUT2D eigenvalue weighted by molar-refractivity contribution is -0.143. The van der Waals surface area contributed by atoms with E-state index in [1.807, 2.05) is 92.6 Å². The summed E-state index contributed by atoms with van der Waals surface area (Å²) in [5.74, 6) is 0.192. The SMILES string of the molecule is CCNC(=O)CC1=CSC2=NC(C)=C(C(=O)OC(C)C)C(c3cccc(OCc4ccccc4)c3)N12. The number of hydrogen-bond acceptors (Lipinski definition) is 7. The van der Waals surface area contributed by atoms with Crippen molar-refractivity contribution in [1.82, 2.24) is 10.2 Å². The number of thioether (sulfide) groups is 1. The minimum atomic E-state index is -0.500. The third-order valence-electron chi connectivity index (χ3n) is 5.70. The average molecular weight is 506 g/mol. The summed E-state index contributed by atoms with van der Waals surface area (Å²) in [5.41, 5.74) is 3.76. The Balaban J connectivity index is 1.70. The molecule has 7 nitrogen and oxygen atoms in total. The third-order valence-corrected chi connectivity index (χ3v) is 6.59. The molecule has 0 saturated heterocycles. The highest BCUT2D eigenvalue weighted by Crippen LogP contribution is 2.45. The van der Waals surface area contributed by atoms with Gasteiger partial charge in [-0.25, -0.2) is 9.79 Å². The van der Waals surface area contributed by atoms with Crippen molar-refractivity contribution in [2.24, 2.45) is 4.99 Å². The van der Waals surface area contributed by atoms with E-state index in [1.54, 1.807) is 0 Å². The van der Waals surface area contributed by atoms with Crippen LogP contribution >= 0.6 is 11.8 Å². The van der Waals surface area contributed by atoms with Gasteiger partial charge in [0.1, 0.15) is 12.4 Å². The second-order valence-electron chi connectivity index (χ2n) is 8.82. The number of allylic oxidation sites excluding steroid dienone is 1. The number of carbonyl (C=O) groups is 2. The molecule has 2 aliphatic rings. The number of fused-ring (bicyclic) bond motifs is 1. The average Bonchev–Trinajstić information content (AvgIpc) is 3.24. The summed E-state index contributed by atoms with van der Waals surface area (Å²) in [5, 5.41) is 5.52. The number of rotatable bonds is 9. The lowest BCUT2D eigenvalue weighted by atomic mass is 9.93. The van der Waals surface area contributed by atoms with Gasteiger partial charge in [-0.3, -0.25) is 4.79 Å². The molecule has 2 aromatic carbocycles. The number of carbonyl (C=O) groups excluding carboxylic acids is 2. The molecule has 36 heavy (non-hydrogen) atoms. The minimum Gasteiger partial charge on any atom is -0.489 e. The summed E-state index contributed by atoms with van der Waals surface area (Å²) in [6.07, 6.45) is -0.0887. The number of aliphatic imine (C=N–C) groups is 1. The molecule has 0 aliphatic carbocycles. The van der Waals surface area contributed by atoms with Crippen molar-refractivity contribution in [2.75, 3.05) is 6.54 Å². The second kappa shape index (κ2) is 11.5. The van der Waals surface area contributed by atoms with Crippen LogP contribution in [0.5, 0.6) is 5.75 Å². The van der Waals surface area contributed by atoms with Crippen molar-refractivity contribution in [3.8, 4) is 5.75 Å². The molecule has 1 amide bonds. The number of benzene rings is 2. The van der Waals surface area contributed by atoms with Gasteiger partial charge in [0.05, 0.1) is 29.8 Å². The maximum absolute atomic E-state index is 13.3. The number of nitrogens with one attached hydrogen (secondary N) is 1. The van der Waals surface area contributed by atoms with Crippen molar-refractivity contribution in [1.29, 1.82) is 0 Å². The highest BCUT2D eigenvalue weighted by molar-refractivity contribution is 8.16. The van der Waals surface area contributed by atoms with Crippen molar-refractivity contribution in [3.05, 3.63) is 88.1 Å². The smallest absolute Gasteiger partial charge is 0.338 e. The molecule has 188 valence electrons. The number of amides is 1. The van der Waals surface area contributed by atoms with Crippen LogP contribution in [-0.2, 0) is 20.9 Å². The molecular weight excluding hydrogens is 474 g/mol. The maximum atomic E-state index is 13.3. The largest absolute Gasteiger partial charge is 0.489 e. The first-order valence-electron chi connectivity index (χ1n) is 12.1. The molecular formula is C28H31N3O4S. The number of ether oxygens (including phenoxy) is 2. The van der Waals surface area contributed by atoms with E-state index in [9.17, 15) is 9.59 Å². The zero-order valence-electron chi connectivity index (χ0n) is 21.0. The molecule has 1 unspecified atom stereocenters. The molecule has 0 spiro atoms. The van der Waals surface area contributed by atoms with Crippen LogP contribution in [0.3, 0.4) is 0 Å². The highest BCUT2D eigenvalue weighted by atomic mass is 32.2. The molecule has 0 bridgehead atoms. The molecule has 0 radical (unpaired) electrons. The molecule has 0 saturated carbocycles. The minimum absolute atomic E-state index is 0.0816. The van der Waals surface area contributed by atoms with Crippen molar-refractivity contribution < 1.29 is 19.1 Å². The van der Waals surface area contributed by atoms with Crippen LogP contribution in [0.1, 0.15) is 51.3 Å². The van der Waals surface area contributed by atoms with Gasteiger partial charge in [0.25, 0.3) is 0 Å². The van der Waals surface area contributed by atoms with Crippen LogP contribution in [0.15, 0.2) is 82.0 Å². The van der Waals surface area contributed by atoms with Crippen molar-refractivity contribution in [3.63, 3.8) is 0 Å². The van der Waals surface area contributed by atoms with Gasteiger partial charge in [0.15, 0.2) is 5.17 Å². The Hall–Kier alpha value is -3.52. The topological polar surface area (TPSA) is 80.2 Å². The Morgan fingerprint density at radius 3 is 2.64 bits per heavy atom. The summed E-state index contributed by atoms with van der Waals surface area (Å²) >= 11 is 1.45. The quantitative estimate of drug-likeness (QED) is 0.465. The van der Waals surface area contributed by atoms with Crippen LogP contribution < -0.4 is 10.1 Å². The predicted molar refractivity (Wildman–Crippen MR) is 142 cm³/mol. The number of hydrogen-bond donors (Lipinski definition) is 1. The van der Waals surface area contributed by atoms with Gasteiger partial charge < -0.3 is 19.7 Å². The molecule has 8 heteroatoms. The van der Waals surface area contributed by atoms with Gasteiger partial charge in [-0.1, -0.05) is 54.2 Å². The number of amidine groups is 1. The molecule has 2 aromatic rings. The van der Waals surface area contributed by atoms with E-state index in [0.717, 1.165) is 22.0 Å². The van der Waals surface area contributed by atoms with Crippen molar-refractivity contribution in [2.45, 2.75) is 52.9 Å². The van der Waals surface area contributed by atoms with Gasteiger partial charge in [0.2, 0.25) is 5.91 Å². The van der Waals surface area contributed by atoms with Gasteiger partial charge in [0, 0.05) is 12.2 Å². The van der Waals surface area contributed by atoms with E-state index in [2.05, 4.69) is 5.32 Å². The predicted octanol–water partition coefficient (Wildman–Crippen LogP) is 5.32. The first-order chi connectivity index (χ1) is 17.4. The standard InChI is InChI=1S/C28H31N3O4S/c1-5-29-24(32)15-22-17-36-28-30-19(4)25(27(33)35-18(2)3)26(31(22)28)21-12-9-13-23(14-21)34-16-20-10-7-6-8-11-20/h6-14,17-18,26H,5,15-16H2,1-4H3,(H,29,32). The van der Waals surface area contributed by atoms with E-state index >= 15 is 0 Å². The normalized spacial score (nSPS) is 16.9. The molecule has 0 aromatic heterocycles. The summed E-state index contributed by atoms with van der Waals surface area (Å²) < 4.78 is 11.7. The number of nitrogens with zero attached hydrogens (tertiary/aromatic N) is 2. The zero-order chi connectivity index (χ0) is 25.7. The molecule has 2 heterocycles. The molecule has 4 rings (SSSR count). The fourth-order valence-corrected chi connectivity index (χ4v) is 5.13. The van der Waals surface area contributed by atoms with Gasteiger partial charge in [-0.2, -0.15) is 0 Å². The summed E-state index contributed by atoms with van der Waals surface area (Å²) in [7, 11) is 0. The molecule has 1 atom stereocenters. The Labute approximate surface area is 216 Å². The van der Waals surface area contributed by atoms with E-state index in [0.29, 0.717) is 30.2 Å². The van der Waals surface area contributed by atoms with Crippen LogP contribution in [0.4, 0.5) is 0 Å². The fourth-order valence-electron chi connectivity index (χ4n) is 4.16. The van der Waals surface area contributed by atoms with Crippen LogP contribution in [-0.4, -0.2) is 34.6 Å². The first-order valence-corrected chi connectivity index (χ1v) is 12.9. The monoisotopic (exact) mass is 505 g/mol. The Kier molecular flexibility index (Phi) is 8.15. The Morgan fingerprint density at radius 2 is 1.92 bits per heavy atom. The summed E-state index contributed by atoms with van der Waals surface area (Å²) in [6.45, 7) is 8.34. The maximum Gasteiger partial charge on any atom is 0.338 e. The lowest BCUT2D eigenvalue weighted by Crippen LogP contribution is -2.38. The van der Waals surface area contributed by atoms with E-state index < -0.39 is 12.0 Å². The Morgan fingerprint density at radius 1 is 1.14 bits per heavy atom. The third kappa shape index (κ3) is 5.82. The molecule has 1 N–H and O–H groups in total. The van der Waals surface area contributed by atoms with E-state index in [1.165, 1.54) is 11.8 Å². The molecule has 2 aliphatic heterocycles. The van der Waals surface area contributed by atoms with E-state index in [4.69, 9.17) is 14.5 Å². The van der Waals surface area contributed by atoms with Gasteiger partial charge in [-0.15, -0.1) is 0 Å². The first kappa shape index (κ1) is 25.6.